The van der Waals surface area contributed by atoms with Crippen LogP contribution in [0, 0.1) is 0 Å². The molecule has 3 heteroatoms. The summed E-state index contributed by atoms with van der Waals surface area (Å²) in [5, 5.41) is 3.39. The van der Waals surface area contributed by atoms with Crippen molar-refractivity contribution in [1.82, 2.24) is 5.32 Å². The summed E-state index contributed by atoms with van der Waals surface area (Å²) in [5.74, 6) is 0. The molecule has 3 nitrogen and oxygen atoms in total. The maximum atomic E-state index is 5.48. The summed E-state index contributed by atoms with van der Waals surface area (Å²) < 4.78 is 5.35. The van der Waals surface area contributed by atoms with Crippen LogP contribution in [0.1, 0.15) is 13.8 Å². The number of hydrogen-bond donors (Lipinski definition) is 2. The molecule has 1 heterocycles. The van der Waals surface area contributed by atoms with E-state index in [4.69, 9.17) is 10.5 Å². The van der Waals surface area contributed by atoms with Gasteiger partial charge in [0.05, 0.1) is 13.2 Å². The Hall–Kier alpha value is -0.120. The summed E-state index contributed by atoms with van der Waals surface area (Å²) in [5.41, 5.74) is 5.58. The van der Waals surface area contributed by atoms with Gasteiger partial charge in [-0.05, 0) is 13.8 Å². The second-order valence-corrected chi connectivity index (χ2v) is 3.48. The summed E-state index contributed by atoms with van der Waals surface area (Å²) in [6.07, 6.45) is 0. The summed E-state index contributed by atoms with van der Waals surface area (Å²) >= 11 is 0. The number of morpholine rings is 1. The molecule has 1 unspecified atom stereocenters. The van der Waals surface area contributed by atoms with Crippen LogP contribution in [0.2, 0.25) is 0 Å². The fourth-order valence-corrected chi connectivity index (χ4v) is 1.22. The summed E-state index contributed by atoms with van der Waals surface area (Å²) in [7, 11) is 0. The molecule has 1 aliphatic heterocycles. The number of ether oxygens (including phenoxy) is 1. The Kier molecular flexibility index (Phi) is 2.28. The molecular weight excluding hydrogens is 128 g/mol. The van der Waals surface area contributed by atoms with E-state index in [1.54, 1.807) is 0 Å². The minimum Gasteiger partial charge on any atom is -0.378 e. The van der Waals surface area contributed by atoms with Gasteiger partial charge in [-0.3, -0.25) is 0 Å². The van der Waals surface area contributed by atoms with Crippen molar-refractivity contribution in [3.63, 3.8) is 0 Å². The molecule has 0 amide bonds. The molecule has 1 saturated heterocycles. The fraction of sp³-hybridized carbons (Fsp3) is 1.00. The monoisotopic (exact) mass is 144 g/mol. The van der Waals surface area contributed by atoms with E-state index in [-0.39, 0.29) is 5.54 Å². The normalized spacial score (nSPS) is 32.1. The molecule has 3 N–H and O–H groups in total. The predicted octanol–water partition coefficient (Wildman–Crippen LogP) is -0.288. The van der Waals surface area contributed by atoms with Gasteiger partial charge < -0.3 is 15.8 Å². The Morgan fingerprint density at radius 2 is 2.40 bits per heavy atom. The zero-order chi connectivity index (χ0) is 7.61. The van der Waals surface area contributed by atoms with E-state index >= 15 is 0 Å². The van der Waals surface area contributed by atoms with Crippen LogP contribution < -0.4 is 11.1 Å². The molecule has 0 aromatic heterocycles. The van der Waals surface area contributed by atoms with Crippen molar-refractivity contribution >= 4 is 0 Å². The Balaban J connectivity index is 2.40. The quantitative estimate of drug-likeness (QED) is 0.532. The Bertz CT molecular complexity index is 114. The lowest BCUT2D eigenvalue weighted by Crippen LogP contribution is -2.57. The maximum Gasteiger partial charge on any atom is 0.0643 e. The van der Waals surface area contributed by atoms with Crippen LogP contribution in [-0.4, -0.2) is 31.3 Å². The number of rotatable bonds is 1. The molecule has 0 radical (unpaired) electrons. The van der Waals surface area contributed by atoms with Crippen molar-refractivity contribution in [1.29, 1.82) is 0 Å². The van der Waals surface area contributed by atoms with Crippen molar-refractivity contribution < 1.29 is 4.74 Å². The first-order valence-electron chi connectivity index (χ1n) is 3.69. The lowest BCUT2D eigenvalue weighted by Gasteiger charge is -2.36. The van der Waals surface area contributed by atoms with Gasteiger partial charge in [-0.15, -0.1) is 0 Å². The van der Waals surface area contributed by atoms with Crippen molar-refractivity contribution in [2.75, 3.05) is 19.8 Å². The van der Waals surface area contributed by atoms with Gasteiger partial charge in [-0.1, -0.05) is 0 Å². The summed E-state index contributed by atoms with van der Waals surface area (Å²) in [6, 6.07) is 0.337. The lowest BCUT2D eigenvalue weighted by atomic mass is 10.0. The zero-order valence-corrected chi connectivity index (χ0v) is 6.68. The SMILES string of the molecule is CC1(C)COCC(CN)N1. The van der Waals surface area contributed by atoms with Crippen molar-refractivity contribution in [2.24, 2.45) is 5.73 Å². The Morgan fingerprint density at radius 1 is 1.70 bits per heavy atom. The highest BCUT2D eigenvalue weighted by Gasteiger charge is 2.26. The predicted molar refractivity (Wildman–Crippen MR) is 40.9 cm³/mol. The third-order valence-corrected chi connectivity index (χ3v) is 1.66. The first-order valence-corrected chi connectivity index (χ1v) is 3.69. The Labute approximate surface area is 61.9 Å². The van der Waals surface area contributed by atoms with Gasteiger partial charge in [0, 0.05) is 18.1 Å². The van der Waals surface area contributed by atoms with Gasteiger partial charge >= 0.3 is 0 Å². The molecule has 1 rings (SSSR count). The molecular formula is C7H16N2O. The second kappa shape index (κ2) is 2.86. The molecule has 60 valence electrons. The molecule has 1 fully saturated rings. The lowest BCUT2D eigenvalue weighted by molar-refractivity contribution is 0.0157. The van der Waals surface area contributed by atoms with E-state index < -0.39 is 0 Å². The van der Waals surface area contributed by atoms with Gasteiger partial charge in [0.1, 0.15) is 0 Å². The fourth-order valence-electron chi connectivity index (χ4n) is 1.22. The summed E-state index contributed by atoms with van der Waals surface area (Å²) in [6.45, 7) is 6.43. The van der Waals surface area contributed by atoms with Crippen LogP contribution in [0.25, 0.3) is 0 Å². The topological polar surface area (TPSA) is 47.3 Å². The first kappa shape index (κ1) is 7.98. The minimum atomic E-state index is 0.0995. The maximum absolute atomic E-state index is 5.48. The average molecular weight is 144 g/mol. The van der Waals surface area contributed by atoms with Crippen molar-refractivity contribution in [2.45, 2.75) is 25.4 Å². The number of nitrogens with two attached hydrogens (primary N) is 1. The molecule has 10 heavy (non-hydrogen) atoms. The van der Waals surface area contributed by atoms with Crippen molar-refractivity contribution in [3.05, 3.63) is 0 Å². The number of nitrogens with one attached hydrogen (secondary N) is 1. The smallest absolute Gasteiger partial charge is 0.0643 e. The van der Waals surface area contributed by atoms with E-state index in [2.05, 4.69) is 19.2 Å². The Morgan fingerprint density at radius 3 is 2.80 bits per heavy atom. The molecule has 0 saturated carbocycles. The van der Waals surface area contributed by atoms with Gasteiger partial charge in [-0.2, -0.15) is 0 Å². The highest BCUT2D eigenvalue weighted by Crippen LogP contribution is 2.09. The van der Waals surface area contributed by atoms with E-state index in [1.165, 1.54) is 0 Å². The van der Waals surface area contributed by atoms with E-state index in [9.17, 15) is 0 Å². The van der Waals surface area contributed by atoms with Crippen LogP contribution >= 0.6 is 0 Å². The third-order valence-electron chi connectivity index (χ3n) is 1.66. The first-order chi connectivity index (χ1) is 4.64. The zero-order valence-electron chi connectivity index (χ0n) is 6.68. The van der Waals surface area contributed by atoms with E-state index in [0.29, 0.717) is 12.6 Å². The van der Waals surface area contributed by atoms with Crippen LogP contribution in [0.4, 0.5) is 0 Å². The molecule has 0 aromatic rings. The minimum absolute atomic E-state index is 0.0995. The standard InChI is InChI=1S/C7H16N2O/c1-7(2)5-10-4-6(3-8)9-7/h6,9H,3-5,8H2,1-2H3. The molecule has 0 spiro atoms. The van der Waals surface area contributed by atoms with Crippen LogP contribution in [-0.2, 0) is 4.74 Å². The van der Waals surface area contributed by atoms with Crippen LogP contribution in [0.15, 0.2) is 0 Å². The second-order valence-electron chi connectivity index (χ2n) is 3.48. The van der Waals surface area contributed by atoms with Gasteiger partial charge in [-0.25, -0.2) is 0 Å². The van der Waals surface area contributed by atoms with Gasteiger partial charge in [0.25, 0.3) is 0 Å². The molecule has 1 aliphatic rings. The molecule has 0 aromatic carbocycles. The highest BCUT2D eigenvalue weighted by molar-refractivity contribution is 4.86. The van der Waals surface area contributed by atoms with Crippen LogP contribution in [0.3, 0.4) is 0 Å². The average Bonchev–Trinajstić information content (AvgIpc) is 1.86. The largest absolute Gasteiger partial charge is 0.378 e. The van der Waals surface area contributed by atoms with Gasteiger partial charge in [0.2, 0.25) is 0 Å². The summed E-state index contributed by atoms with van der Waals surface area (Å²) in [4.78, 5) is 0. The molecule has 0 bridgehead atoms. The van der Waals surface area contributed by atoms with E-state index in [0.717, 1.165) is 13.2 Å². The number of hydrogen-bond acceptors (Lipinski definition) is 3. The van der Waals surface area contributed by atoms with Crippen LogP contribution in [0.5, 0.6) is 0 Å². The molecule has 1 atom stereocenters. The van der Waals surface area contributed by atoms with Crippen molar-refractivity contribution in [3.8, 4) is 0 Å². The van der Waals surface area contributed by atoms with Gasteiger partial charge in [0.15, 0.2) is 0 Å². The third kappa shape index (κ3) is 1.94. The highest BCUT2D eigenvalue weighted by atomic mass is 16.5. The van der Waals surface area contributed by atoms with E-state index in [1.807, 2.05) is 0 Å². The molecule has 0 aliphatic carbocycles.